The van der Waals surface area contributed by atoms with Crippen LogP contribution in [-0.2, 0) is 16.0 Å². The molecule has 0 heterocycles. The Kier molecular flexibility index (Phi) is 7.55. The van der Waals surface area contributed by atoms with E-state index in [1.165, 1.54) is 0 Å². The zero-order chi connectivity index (χ0) is 18.2. The number of carbonyl (C=O) groups excluding carboxylic acids is 1. The first-order chi connectivity index (χ1) is 11.4. The number of methoxy groups -OCH3 is 2. The van der Waals surface area contributed by atoms with E-state index in [1.54, 1.807) is 20.3 Å². The standard InChI is InChI=1S/C18H27NO5/c1-5-18(6-2,12-17(21)22)19-16(20)8-7-13-9-14(23-3)11-15(10-13)24-4/h9-11H,5-8,12H2,1-4H3,(H,19,20)(H,21,22). The maximum atomic E-state index is 12.3. The van der Waals surface area contributed by atoms with Gasteiger partial charge in [0.2, 0.25) is 5.91 Å². The molecule has 0 bridgehead atoms. The number of benzene rings is 1. The molecule has 134 valence electrons. The van der Waals surface area contributed by atoms with Crippen molar-refractivity contribution in [2.75, 3.05) is 14.2 Å². The van der Waals surface area contributed by atoms with Gasteiger partial charge in [-0.1, -0.05) is 13.8 Å². The Morgan fingerprint density at radius 3 is 2.04 bits per heavy atom. The van der Waals surface area contributed by atoms with Crippen molar-refractivity contribution in [2.24, 2.45) is 0 Å². The van der Waals surface area contributed by atoms with Crippen LogP contribution < -0.4 is 14.8 Å². The fourth-order valence-corrected chi connectivity index (χ4v) is 2.64. The summed E-state index contributed by atoms with van der Waals surface area (Å²) in [5.41, 5.74) is 0.243. The van der Waals surface area contributed by atoms with Crippen molar-refractivity contribution in [2.45, 2.75) is 51.5 Å². The third-order valence-electron chi connectivity index (χ3n) is 4.30. The van der Waals surface area contributed by atoms with Gasteiger partial charge in [-0.3, -0.25) is 9.59 Å². The van der Waals surface area contributed by atoms with Gasteiger partial charge in [0.15, 0.2) is 0 Å². The molecule has 0 radical (unpaired) electrons. The van der Waals surface area contributed by atoms with E-state index in [4.69, 9.17) is 14.6 Å². The zero-order valence-corrected chi connectivity index (χ0v) is 14.8. The van der Waals surface area contributed by atoms with E-state index in [2.05, 4.69) is 5.32 Å². The molecule has 1 aromatic rings. The summed E-state index contributed by atoms with van der Waals surface area (Å²) in [6.07, 6.45) is 1.88. The number of aryl methyl sites for hydroxylation is 1. The van der Waals surface area contributed by atoms with Crippen LogP contribution in [0.3, 0.4) is 0 Å². The van der Waals surface area contributed by atoms with Crippen molar-refractivity contribution >= 4 is 11.9 Å². The minimum Gasteiger partial charge on any atom is -0.497 e. The summed E-state index contributed by atoms with van der Waals surface area (Å²) in [4.78, 5) is 23.3. The van der Waals surface area contributed by atoms with Crippen LogP contribution in [0.4, 0.5) is 0 Å². The highest BCUT2D eigenvalue weighted by Crippen LogP contribution is 2.24. The Labute approximate surface area is 143 Å². The van der Waals surface area contributed by atoms with Crippen LogP contribution in [0.5, 0.6) is 11.5 Å². The zero-order valence-electron chi connectivity index (χ0n) is 14.8. The van der Waals surface area contributed by atoms with E-state index in [1.807, 2.05) is 26.0 Å². The Balaban J connectivity index is 2.73. The second-order valence-corrected chi connectivity index (χ2v) is 5.83. The maximum Gasteiger partial charge on any atom is 0.305 e. The summed E-state index contributed by atoms with van der Waals surface area (Å²) in [5.74, 6) is 0.289. The number of ether oxygens (including phenoxy) is 2. The normalized spacial score (nSPS) is 11.0. The van der Waals surface area contributed by atoms with E-state index in [0.717, 1.165) is 5.56 Å². The average Bonchev–Trinajstić information content (AvgIpc) is 2.58. The van der Waals surface area contributed by atoms with E-state index in [0.29, 0.717) is 30.8 Å². The average molecular weight is 337 g/mol. The first kappa shape index (κ1) is 19.8. The number of carbonyl (C=O) groups is 2. The van der Waals surface area contributed by atoms with Gasteiger partial charge in [-0.15, -0.1) is 0 Å². The molecule has 0 aliphatic rings. The minimum absolute atomic E-state index is 0.0707. The molecule has 0 fully saturated rings. The second kappa shape index (κ2) is 9.15. The fourth-order valence-electron chi connectivity index (χ4n) is 2.64. The van der Waals surface area contributed by atoms with E-state index in [-0.39, 0.29) is 18.7 Å². The van der Waals surface area contributed by atoms with Gasteiger partial charge in [-0.05, 0) is 37.0 Å². The van der Waals surface area contributed by atoms with Crippen LogP contribution in [0.2, 0.25) is 0 Å². The number of hydrogen-bond acceptors (Lipinski definition) is 4. The monoisotopic (exact) mass is 337 g/mol. The highest BCUT2D eigenvalue weighted by molar-refractivity contribution is 5.78. The lowest BCUT2D eigenvalue weighted by molar-refractivity contribution is -0.139. The van der Waals surface area contributed by atoms with Gasteiger partial charge in [-0.25, -0.2) is 0 Å². The highest BCUT2D eigenvalue weighted by atomic mass is 16.5. The summed E-state index contributed by atoms with van der Waals surface area (Å²) >= 11 is 0. The third-order valence-corrected chi connectivity index (χ3v) is 4.30. The molecule has 0 aliphatic heterocycles. The predicted molar refractivity (Wildman–Crippen MR) is 91.6 cm³/mol. The Bertz CT molecular complexity index is 544. The Hall–Kier alpha value is -2.24. The first-order valence-electron chi connectivity index (χ1n) is 8.12. The molecule has 0 atom stereocenters. The summed E-state index contributed by atoms with van der Waals surface area (Å²) in [6.45, 7) is 3.78. The quantitative estimate of drug-likeness (QED) is 0.686. The number of rotatable bonds is 10. The van der Waals surface area contributed by atoms with Gasteiger partial charge >= 0.3 is 5.97 Å². The predicted octanol–water partition coefficient (Wildman–Crippen LogP) is 2.79. The van der Waals surface area contributed by atoms with E-state index >= 15 is 0 Å². The molecule has 0 saturated heterocycles. The number of carboxylic acid groups (broad SMARTS) is 1. The number of hydrogen-bond donors (Lipinski definition) is 2. The van der Waals surface area contributed by atoms with Gasteiger partial charge in [-0.2, -0.15) is 0 Å². The van der Waals surface area contributed by atoms with Crippen molar-refractivity contribution in [3.63, 3.8) is 0 Å². The lowest BCUT2D eigenvalue weighted by Crippen LogP contribution is -2.49. The van der Waals surface area contributed by atoms with Crippen molar-refractivity contribution in [1.82, 2.24) is 5.32 Å². The van der Waals surface area contributed by atoms with Crippen LogP contribution >= 0.6 is 0 Å². The lowest BCUT2D eigenvalue weighted by atomic mass is 9.88. The summed E-state index contributed by atoms with van der Waals surface area (Å²) in [5, 5.41) is 12.0. The number of aliphatic carboxylic acids is 1. The Morgan fingerprint density at radius 2 is 1.62 bits per heavy atom. The van der Waals surface area contributed by atoms with Gasteiger partial charge in [0.05, 0.1) is 20.6 Å². The maximum absolute atomic E-state index is 12.3. The van der Waals surface area contributed by atoms with Crippen LogP contribution in [-0.4, -0.2) is 36.7 Å². The summed E-state index contributed by atoms with van der Waals surface area (Å²) in [7, 11) is 3.15. The van der Waals surface area contributed by atoms with Crippen molar-refractivity contribution in [3.8, 4) is 11.5 Å². The van der Waals surface area contributed by atoms with Crippen LogP contribution in [0.15, 0.2) is 18.2 Å². The van der Waals surface area contributed by atoms with Crippen LogP contribution in [0, 0.1) is 0 Å². The van der Waals surface area contributed by atoms with Crippen LogP contribution in [0.1, 0.15) is 45.1 Å². The molecule has 1 rings (SSSR count). The van der Waals surface area contributed by atoms with Crippen molar-refractivity contribution in [1.29, 1.82) is 0 Å². The number of nitrogens with one attached hydrogen (secondary N) is 1. The first-order valence-corrected chi connectivity index (χ1v) is 8.12. The number of amides is 1. The molecule has 0 unspecified atom stereocenters. The van der Waals surface area contributed by atoms with Gasteiger partial charge in [0.1, 0.15) is 11.5 Å². The summed E-state index contributed by atoms with van der Waals surface area (Å²) in [6, 6.07) is 5.50. The largest absolute Gasteiger partial charge is 0.497 e. The highest BCUT2D eigenvalue weighted by Gasteiger charge is 2.30. The van der Waals surface area contributed by atoms with E-state index < -0.39 is 11.5 Å². The molecule has 2 N–H and O–H groups in total. The van der Waals surface area contributed by atoms with Gasteiger partial charge in [0, 0.05) is 18.0 Å². The smallest absolute Gasteiger partial charge is 0.305 e. The molecule has 1 aromatic carbocycles. The minimum atomic E-state index is -0.906. The molecule has 0 spiro atoms. The van der Waals surface area contributed by atoms with Gasteiger partial charge < -0.3 is 19.9 Å². The second-order valence-electron chi connectivity index (χ2n) is 5.83. The molecule has 0 aliphatic carbocycles. The molecule has 0 aromatic heterocycles. The van der Waals surface area contributed by atoms with E-state index in [9.17, 15) is 9.59 Å². The Morgan fingerprint density at radius 1 is 1.08 bits per heavy atom. The molecule has 6 heteroatoms. The molecule has 0 saturated carbocycles. The number of carboxylic acids is 1. The molecule has 24 heavy (non-hydrogen) atoms. The topological polar surface area (TPSA) is 84.9 Å². The molecular formula is C18H27NO5. The summed E-state index contributed by atoms with van der Waals surface area (Å²) < 4.78 is 10.4. The lowest BCUT2D eigenvalue weighted by Gasteiger charge is -2.31. The fraction of sp³-hybridized carbons (Fsp3) is 0.556. The SMILES string of the molecule is CCC(CC)(CC(=O)O)NC(=O)CCc1cc(OC)cc(OC)c1. The molecule has 6 nitrogen and oxygen atoms in total. The van der Waals surface area contributed by atoms with Crippen molar-refractivity contribution < 1.29 is 24.2 Å². The van der Waals surface area contributed by atoms with Crippen molar-refractivity contribution in [3.05, 3.63) is 23.8 Å². The van der Waals surface area contributed by atoms with Crippen LogP contribution in [0.25, 0.3) is 0 Å². The molecule has 1 amide bonds. The molecular weight excluding hydrogens is 310 g/mol. The third kappa shape index (κ3) is 5.76. The van der Waals surface area contributed by atoms with Gasteiger partial charge in [0.25, 0.3) is 0 Å².